The minimum absolute atomic E-state index is 0.100. The van der Waals surface area contributed by atoms with E-state index in [0.29, 0.717) is 29.3 Å². The molecule has 0 aliphatic carbocycles. The summed E-state index contributed by atoms with van der Waals surface area (Å²) >= 11 is 10.0. The van der Waals surface area contributed by atoms with Gasteiger partial charge in [-0.1, -0.05) is 103 Å². The number of aromatic nitrogens is 3. The van der Waals surface area contributed by atoms with E-state index < -0.39 is 0 Å². The molecule has 202 valence electrons. The highest BCUT2D eigenvalue weighted by Crippen LogP contribution is 2.30. The molecular formula is C33H25BrClN5O. The topological polar surface area (TPSA) is 71.3 Å². The molecule has 2 aromatic heterocycles. The third kappa shape index (κ3) is 5.87. The number of rotatable bonds is 8. The molecule has 0 bridgehead atoms. The van der Waals surface area contributed by atoms with Gasteiger partial charge >= 0.3 is 0 Å². The number of hydrogen-bond acceptors (Lipinski definition) is 4. The Hall–Kier alpha value is -4.46. The highest BCUT2D eigenvalue weighted by Gasteiger charge is 2.14. The summed E-state index contributed by atoms with van der Waals surface area (Å²) in [5.74, 6) is 0.695. The van der Waals surface area contributed by atoms with E-state index in [1.54, 1.807) is 10.7 Å². The molecule has 41 heavy (non-hydrogen) atoms. The number of carbonyl (C=O) groups is 1. The summed E-state index contributed by atoms with van der Waals surface area (Å²) in [6.45, 7) is 1.01. The largest absolute Gasteiger partial charge is 0.366 e. The summed E-state index contributed by atoms with van der Waals surface area (Å²) in [6.07, 6.45) is 1.73. The second-order valence-corrected chi connectivity index (χ2v) is 10.8. The van der Waals surface area contributed by atoms with Crippen molar-refractivity contribution in [1.82, 2.24) is 19.9 Å². The lowest BCUT2D eigenvalue weighted by Crippen LogP contribution is -2.23. The van der Waals surface area contributed by atoms with Gasteiger partial charge in [-0.3, -0.25) is 4.79 Å². The summed E-state index contributed by atoms with van der Waals surface area (Å²) < 4.78 is 2.56. The summed E-state index contributed by atoms with van der Waals surface area (Å²) in [7, 11) is 0. The van der Waals surface area contributed by atoms with Gasteiger partial charge in [-0.05, 0) is 50.3 Å². The van der Waals surface area contributed by atoms with Gasteiger partial charge in [-0.2, -0.15) is 9.61 Å². The van der Waals surface area contributed by atoms with Crippen molar-refractivity contribution >= 4 is 44.9 Å². The normalized spacial score (nSPS) is 11.0. The second-order valence-electron chi connectivity index (χ2n) is 9.50. The van der Waals surface area contributed by atoms with Crippen LogP contribution in [0.4, 0.5) is 5.82 Å². The van der Waals surface area contributed by atoms with Crippen molar-refractivity contribution in [2.24, 2.45) is 0 Å². The first-order valence-electron chi connectivity index (χ1n) is 13.1. The minimum Gasteiger partial charge on any atom is -0.366 e. The highest BCUT2D eigenvalue weighted by molar-refractivity contribution is 9.10. The fourth-order valence-corrected chi connectivity index (χ4v) is 5.25. The van der Waals surface area contributed by atoms with Crippen molar-refractivity contribution in [3.05, 3.63) is 142 Å². The number of carbonyl (C=O) groups excluding carboxylic acids is 1. The molecule has 8 heteroatoms. The van der Waals surface area contributed by atoms with E-state index >= 15 is 0 Å². The number of hydrogen-bond donors (Lipinski definition) is 2. The van der Waals surface area contributed by atoms with Gasteiger partial charge in [0, 0.05) is 35.3 Å². The molecule has 0 aliphatic heterocycles. The van der Waals surface area contributed by atoms with Gasteiger partial charge in [0.2, 0.25) is 0 Å². The maximum absolute atomic E-state index is 13.1. The zero-order valence-electron chi connectivity index (χ0n) is 21.9. The van der Waals surface area contributed by atoms with E-state index in [1.165, 1.54) is 0 Å². The molecule has 2 heterocycles. The van der Waals surface area contributed by atoms with E-state index in [4.69, 9.17) is 16.6 Å². The van der Waals surface area contributed by atoms with E-state index in [2.05, 4.69) is 43.8 Å². The van der Waals surface area contributed by atoms with Crippen LogP contribution < -0.4 is 10.6 Å². The van der Waals surface area contributed by atoms with Crippen molar-refractivity contribution < 1.29 is 4.79 Å². The van der Waals surface area contributed by atoms with E-state index in [1.807, 2.05) is 97.1 Å². The summed E-state index contributed by atoms with van der Waals surface area (Å²) in [5, 5.41) is 11.7. The Labute approximate surface area is 251 Å². The van der Waals surface area contributed by atoms with Gasteiger partial charge in [-0.15, -0.1) is 0 Å². The molecular weight excluding hydrogens is 598 g/mol. The molecule has 0 aliphatic rings. The number of nitrogens with one attached hydrogen (secondary N) is 2. The van der Waals surface area contributed by atoms with Crippen molar-refractivity contribution in [2.45, 2.75) is 13.1 Å². The summed E-state index contributed by atoms with van der Waals surface area (Å²) in [6, 6.07) is 35.4. The average molecular weight is 623 g/mol. The molecule has 6 rings (SSSR count). The van der Waals surface area contributed by atoms with Crippen LogP contribution in [0.15, 0.2) is 120 Å². The van der Waals surface area contributed by atoms with Gasteiger partial charge in [-0.25, -0.2) is 4.98 Å². The minimum atomic E-state index is -0.100. The van der Waals surface area contributed by atoms with Gasteiger partial charge in [0.25, 0.3) is 5.91 Å². The Balaban J connectivity index is 1.14. The van der Waals surface area contributed by atoms with Crippen LogP contribution in [0.5, 0.6) is 0 Å². The number of nitrogens with zero attached hydrogens (tertiary/aromatic N) is 3. The van der Waals surface area contributed by atoms with Crippen LogP contribution >= 0.6 is 27.5 Å². The van der Waals surface area contributed by atoms with Crippen molar-refractivity contribution in [2.75, 3.05) is 5.32 Å². The standard InChI is InChI=1S/C33H25BrClN5O/c34-28-21-38-40-31(18-30(39-32(28)40)27-12-6-7-13-29(27)35)36-19-22-14-16-23(17-15-22)20-37-33(41)26-11-5-4-10-25(26)24-8-2-1-3-9-24/h1-18,21,36H,19-20H2,(H,37,41). The molecule has 6 aromatic rings. The van der Waals surface area contributed by atoms with Crippen molar-refractivity contribution in [3.8, 4) is 22.4 Å². The SMILES string of the molecule is O=C(NCc1ccc(CNc2cc(-c3ccccc3Cl)nc3c(Br)cnn23)cc1)c1ccccc1-c1ccccc1. The first-order chi connectivity index (χ1) is 20.1. The van der Waals surface area contributed by atoms with Crippen LogP contribution in [0.3, 0.4) is 0 Å². The molecule has 0 unspecified atom stereocenters. The number of anilines is 1. The number of fused-ring (bicyclic) bond motifs is 1. The number of amides is 1. The van der Waals surface area contributed by atoms with Gasteiger partial charge in [0.15, 0.2) is 5.65 Å². The lowest BCUT2D eigenvalue weighted by Gasteiger charge is -2.13. The number of benzene rings is 4. The third-order valence-corrected chi connectivity index (χ3v) is 7.67. The first-order valence-corrected chi connectivity index (χ1v) is 14.3. The Morgan fingerprint density at radius 1 is 0.805 bits per heavy atom. The van der Waals surface area contributed by atoms with E-state index in [-0.39, 0.29) is 5.91 Å². The predicted molar refractivity (Wildman–Crippen MR) is 168 cm³/mol. The van der Waals surface area contributed by atoms with Gasteiger partial charge < -0.3 is 10.6 Å². The zero-order chi connectivity index (χ0) is 28.2. The van der Waals surface area contributed by atoms with Crippen LogP contribution in [-0.4, -0.2) is 20.5 Å². The van der Waals surface area contributed by atoms with E-state index in [9.17, 15) is 4.79 Å². The van der Waals surface area contributed by atoms with Crippen LogP contribution in [0.1, 0.15) is 21.5 Å². The third-order valence-electron chi connectivity index (χ3n) is 6.78. The molecule has 0 spiro atoms. The smallest absolute Gasteiger partial charge is 0.252 e. The highest BCUT2D eigenvalue weighted by atomic mass is 79.9. The molecule has 4 aromatic carbocycles. The molecule has 0 saturated carbocycles. The Morgan fingerprint density at radius 3 is 2.22 bits per heavy atom. The quantitative estimate of drug-likeness (QED) is 0.180. The fourth-order valence-electron chi connectivity index (χ4n) is 4.66. The van der Waals surface area contributed by atoms with Crippen molar-refractivity contribution in [3.63, 3.8) is 0 Å². The first kappa shape index (κ1) is 26.7. The fraction of sp³-hybridized carbons (Fsp3) is 0.0606. The Bertz CT molecular complexity index is 1840. The Kier molecular flexibility index (Phi) is 7.80. The monoisotopic (exact) mass is 621 g/mol. The lowest BCUT2D eigenvalue weighted by atomic mass is 9.99. The Morgan fingerprint density at radius 2 is 1.46 bits per heavy atom. The molecule has 1 amide bonds. The molecule has 0 atom stereocenters. The molecule has 0 fully saturated rings. The lowest BCUT2D eigenvalue weighted by molar-refractivity contribution is 0.0951. The van der Waals surface area contributed by atoms with Crippen molar-refractivity contribution in [1.29, 1.82) is 0 Å². The molecule has 6 nitrogen and oxygen atoms in total. The molecule has 2 N–H and O–H groups in total. The summed E-state index contributed by atoms with van der Waals surface area (Å²) in [5.41, 5.74) is 7.00. The average Bonchev–Trinajstić information content (AvgIpc) is 3.40. The van der Waals surface area contributed by atoms with Gasteiger partial charge in [0.05, 0.1) is 16.4 Å². The summed E-state index contributed by atoms with van der Waals surface area (Å²) in [4.78, 5) is 17.8. The molecule has 0 saturated heterocycles. The predicted octanol–water partition coefficient (Wildman–Crippen LogP) is 8.02. The van der Waals surface area contributed by atoms with Crippen LogP contribution in [0.2, 0.25) is 5.02 Å². The van der Waals surface area contributed by atoms with Gasteiger partial charge in [0.1, 0.15) is 5.82 Å². The molecule has 0 radical (unpaired) electrons. The van der Waals surface area contributed by atoms with Crippen LogP contribution in [-0.2, 0) is 13.1 Å². The zero-order valence-corrected chi connectivity index (χ0v) is 24.2. The van der Waals surface area contributed by atoms with E-state index in [0.717, 1.165) is 43.8 Å². The van der Waals surface area contributed by atoms with Crippen LogP contribution in [0, 0.1) is 0 Å². The van der Waals surface area contributed by atoms with Crippen LogP contribution in [0.25, 0.3) is 28.0 Å². The maximum Gasteiger partial charge on any atom is 0.252 e. The second kappa shape index (κ2) is 12.0. The number of halogens is 2. The maximum atomic E-state index is 13.1.